The van der Waals surface area contributed by atoms with Gasteiger partial charge in [-0.05, 0) is 41.5 Å². The van der Waals surface area contributed by atoms with Crippen molar-refractivity contribution >= 4 is 23.6 Å². The number of nitriles is 1. The molecule has 1 N–H and O–H groups in total. The van der Waals surface area contributed by atoms with Crippen LogP contribution < -0.4 is 19.5 Å². The number of carbonyl (C=O) groups excluding carboxylic acids is 1. The second-order valence-corrected chi connectivity index (χ2v) is 7.40. The van der Waals surface area contributed by atoms with Crippen LogP contribution in [0.4, 0.5) is 0 Å². The Hall–Kier alpha value is -3.95. The lowest BCUT2D eigenvalue weighted by Crippen LogP contribution is -2.24. The number of hydrogen-bond donors (Lipinski definition) is 1. The Morgan fingerprint density at radius 2 is 1.82 bits per heavy atom. The van der Waals surface area contributed by atoms with Crippen LogP contribution >= 0.6 is 11.6 Å². The first-order valence-electron chi connectivity index (χ1n) is 10.1. The maximum Gasteiger partial charge on any atom is 0.262 e. The van der Waals surface area contributed by atoms with Crippen LogP contribution in [-0.4, -0.2) is 20.1 Å². The molecule has 168 valence electrons. The van der Waals surface area contributed by atoms with E-state index in [2.05, 4.69) is 5.32 Å². The molecule has 0 fully saturated rings. The first-order valence-corrected chi connectivity index (χ1v) is 10.5. The molecule has 1 amide bonds. The summed E-state index contributed by atoms with van der Waals surface area (Å²) in [5.41, 5.74) is 2.35. The Bertz CT molecular complexity index is 1190. The van der Waals surface area contributed by atoms with Gasteiger partial charge in [-0.15, -0.1) is 0 Å². The van der Waals surface area contributed by atoms with Crippen molar-refractivity contribution in [1.29, 1.82) is 5.26 Å². The summed E-state index contributed by atoms with van der Waals surface area (Å²) in [6.45, 7) is 0.578. The zero-order valence-corrected chi connectivity index (χ0v) is 19.1. The molecule has 0 heterocycles. The Morgan fingerprint density at radius 3 is 2.48 bits per heavy atom. The summed E-state index contributed by atoms with van der Waals surface area (Å²) in [7, 11) is 3.10. The van der Waals surface area contributed by atoms with E-state index in [1.807, 2.05) is 36.4 Å². The number of hydrogen-bond acceptors (Lipinski definition) is 5. The molecule has 0 aliphatic heterocycles. The number of amides is 1. The summed E-state index contributed by atoms with van der Waals surface area (Å²) in [6.07, 6.45) is 1.48. The minimum absolute atomic E-state index is 0.0449. The quantitative estimate of drug-likeness (QED) is 0.351. The third kappa shape index (κ3) is 6.52. The number of benzene rings is 3. The molecule has 0 unspecified atom stereocenters. The third-order valence-electron chi connectivity index (χ3n) is 4.80. The van der Waals surface area contributed by atoms with Crippen molar-refractivity contribution in [2.45, 2.75) is 13.2 Å². The van der Waals surface area contributed by atoms with Crippen LogP contribution in [0.2, 0.25) is 5.02 Å². The normalized spacial score (nSPS) is 10.8. The second kappa shape index (κ2) is 11.6. The van der Waals surface area contributed by atoms with Crippen LogP contribution in [-0.2, 0) is 17.9 Å². The molecule has 0 spiro atoms. The molecule has 0 aromatic heterocycles. The number of nitrogens with zero attached hydrogens (tertiary/aromatic N) is 1. The van der Waals surface area contributed by atoms with E-state index in [-0.39, 0.29) is 12.1 Å². The van der Waals surface area contributed by atoms with Crippen molar-refractivity contribution in [3.63, 3.8) is 0 Å². The van der Waals surface area contributed by atoms with Gasteiger partial charge in [-0.3, -0.25) is 4.79 Å². The highest BCUT2D eigenvalue weighted by Gasteiger charge is 2.12. The summed E-state index contributed by atoms with van der Waals surface area (Å²) >= 11 is 6.34. The average molecular weight is 463 g/mol. The van der Waals surface area contributed by atoms with Crippen molar-refractivity contribution in [1.82, 2.24) is 5.32 Å². The molecule has 7 heteroatoms. The van der Waals surface area contributed by atoms with Crippen LogP contribution in [0, 0.1) is 11.3 Å². The molecule has 3 aromatic carbocycles. The number of nitrogens with one attached hydrogen (secondary N) is 1. The minimum Gasteiger partial charge on any atom is -0.497 e. The third-order valence-corrected chi connectivity index (χ3v) is 5.10. The Kier molecular flexibility index (Phi) is 8.34. The second-order valence-electron chi connectivity index (χ2n) is 6.99. The fraction of sp³-hybridized carbons (Fsp3) is 0.154. The number of carbonyl (C=O) groups is 1. The van der Waals surface area contributed by atoms with Crippen molar-refractivity contribution in [2.24, 2.45) is 0 Å². The topological polar surface area (TPSA) is 80.6 Å². The largest absolute Gasteiger partial charge is 0.497 e. The average Bonchev–Trinajstić information content (AvgIpc) is 2.85. The molecule has 0 saturated carbocycles. The van der Waals surface area contributed by atoms with Gasteiger partial charge < -0.3 is 19.5 Å². The summed E-state index contributed by atoms with van der Waals surface area (Å²) in [4.78, 5) is 12.6. The van der Waals surface area contributed by atoms with E-state index in [1.54, 1.807) is 43.5 Å². The van der Waals surface area contributed by atoms with E-state index in [9.17, 15) is 10.1 Å². The van der Waals surface area contributed by atoms with Crippen molar-refractivity contribution < 1.29 is 19.0 Å². The molecular weight excluding hydrogens is 440 g/mol. The van der Waals surface area contributed by atoms with Gasteiger partial charge in [0, 0.05) is 18.2 Å². The number of rotatable bonds is 9. The van der Waals surface area contributed by atoms with Gasteiger partial charge >= 0.3 is 0 Å². The highest BCUT2D eigenvalue weighted by atomic mass is 35.5. The highest BCUT2D eigenvalue weighted by Crippen LogP contribution is 2.27. The van der Waals surface area contributed by atoms with E-state index in [1.165, 1.54) is 13.2 Å². The fourth-order valence-electron chi connectivity index (χ4n) is 3.04. The zero-order valence-electron chi connectivity index (χ0n) is 18.3. The molecule has 3 rings (SSSR count). The number of halogens is 1. The first-order chi connectivity index (χ1) is 16.0. The molecule has 0 aliphatic rings. The van der Waals surface area contributed by atoms with Crippen LogP contribution in [0.3, 0.4) is 0 Å². The van der Waals surface area contributed by atoms with Gasteiger partial charge in [0.2, 0.25) is 0 Å². The minimum atomic E-state index is -0.504. The predicted molar refractivity (Wildman–Crippen MR) is 127 cm³/mol. The molecule has 6 nitrogen and oxygen atoms in total. The molecular formula is C26H23ClN2O4. The summed E-state index contributed by atoms with van der Waals surface area (Å²) in [5.74, 6) is 1.24. The monoisotopic (exact) mass is 462 g/mol. The summed E-state index contributed by atoms with van der Waals surface area (Å²) < 4.78 is 16.3. The van der Waals surface area contributed by atoms with Crippen molar-refractivity contribution in [3.8, 4) is 23.3 Å². The van der Waals surface area contributed by atoms with E-state index in [0.29, 0.717) is 34.4 Å². The summed E-state index contributed by atoms with van der Waals surface area (Å²) in [5, 5.41) is 12.6. The molecule has 3 aromatic rings. The van der Waals surface area contributed by atoms with E-state index in [0.717, 1.165) is 11.1 Å². The van der Waals surface area contributed by atoms with Crippen molar-refractivity contribution in [2.75, 3.05) is 14.2 Å². The van der Waals surface area contributed by atoms with Gasteiger partial charge in [-0.1, -0.05) is 48.0 Å². The molecule has 0 saturated heterocycles. The molecule has 0 radical (unpaired) electrons. The Labute approximate surface area is 198 Å². The van der Waals surface area contributed by atoms with Crippen LogP contribution in [0.15, 0.2) is 72.3 Å². The van der Waals surface area contributed by atoms with Gasteiger partial charge in [0.05, 0.1) is 19.2 Å². The molecule has 33 heavy (non-hydrogen) atoms. The van der Waals surface area contributed by atoms with E-state index < -0.39 is 5.91 Å². The lowest BCUT2D eigenvalue weighted by Gasteiger charge is -2.11. The van der Waals surface area contributed by atoms with Gasteiger partial charge in [-0.25, -0.2) is 0 Å². The SMILES string of the molecule is COc1ccc(CNC(=O)/C(C#N)=C/c2ccc(OCc3ccccc3)c(Cl)c2)c(OC)c1. The molecule has 0 bridgehead atoms. The van der Waals surface area contributed by atoms with Gasteiger partial charge in [0.15, 0.2) is 0 Å². The maximum absolute atomic E-state index is 12.6. The van der Waals surface area contributed by atoms with Gasteiger partial charge in [-0.2, -0.15) is 5.26 Å². The first kappa shape index (κ1) is 23.7. The lowest BCUT2D eigenvalue weighted by atomic mass is 10.1. The van der Waals surface area contributed by atoms with E-state index in [4.69, 9.17) is 25.8 Å². The molecule has 0 aliphatic carbocycles. The predicted octanol–water partition coefficient (Wildman–Crippen LogP) is 5.16. The number of ether oxygens (including phenoxy) is 3. The lowest BCUT2D eigenvalue weighted by molar-refractivity contribution is -0.117. The van der Waals surface area contributed by atoms with E-state index >= 15 is 0 Å². The van der Waals surface area contributed by atoms with Gasteiger partial charge in [0.1, 0.15) is 35.5 Å². The Balaban J connectivity index is 1.66. The number of methoxy groups -OCH3 is 2. The van der Waals surface area contributed by atoms with Crippen LogP contribution in [0.5, 0.6) is 17.2 Å². The summed E-state index contributed by atoms with van der Waals surface area (Å²) in [6, 6.07) is 22.1. The fourth-order valence-corrected chi connectivity index (χ4v) is 3.29. The molecule has 0 atom stereocenters. The Morgan fingerprint density at radius 1 is 1.03 bits per heavy atom. The zero-order chi connectivity index (χ0) is 23.6. The highest BCUT2D eigenvalue weighted by molar-refractivity contribution is 6.32. The maximum atomic E-state index is 12.6. The standard InChI is InChI=1S/C26H23ClN2O4/c1-31-22-10-9-20(25(14-22)32-2)16-29-26(30)21(15-28)12-19-8-11-24(23(27)13-19)33-17-18-6-4-3-5-7-18/h3-14H,16-17H2,1-2H3,(H,29,30)/b21-12+. The smallest absolute Gasteiger partial charge is 0.262 e. The van der Waals surface area contributed by atoms with Crippen molar-refractivity contribution in [3.05, 3.63) is 94.0 Å². The van der Waals surface area contributed by atoms with Crippen LogP contribution in [0.25, 0.3) is 6.08 Å². The van der Waals surface area contributed by atoms with Crippen LogP contribution in [0.1, 0.15) is 16.7 Å². The van der Waals surface area contributed by atoms with Gasteiger partial charge in [0.25, 0.3) is 5.91 Å².